The molecule has 0 heterocycles. The van der Waals surface area contributed by atoms with Gasteiger partial charge in [-0.1, -0.05) is 6.07 Å². The molecule has 2 amide bonds. The van der Waals surface area contributed by atoms with Crippen molar-refractivity contribution in [2.45, 2.75) is 20.3 Å². The third-order valence-electron chi connectivity index (χ3n) is 4.02. The van der Waals surface area contributed by atoms with Crippen molar-refractivity contribution >= 4 is 23.5 Å². The van der Waals surface area contributed by atoms with Crippen LogP contribution in [-0.2, 0) is 14.4 Å². The van der Waals surface area contributed by atoms with Crippen LogP contribution in [-0.4, -0.2) is 47.5 Å². The number of nitrogens with one attached hydrogen (secondary N) is 1. The molecule has 7 nitrogen and oxygen atoms in total. The van der Waals surface area contributed by atoms with E-state index in [-0.39, 0.29) is 18.4 Å². The third-order valence-corrected chi connectivity index (χ3v) is 4.02. The van der Waals surface area contributed by atoms with Gasteiger partial charge in [0, 0.05) is 24.8 Å². The number of ether oxygens (including phenoxy) is 1. The zero-order chi connectivity index (χ0) is 17.7. The number of carbonyl (C=O) groups excluding carboxylic acids is 2. The summed E-state index contributed by atoms with van der Waals surface area (Å²) in [6.45, 7) is 4.99. The van der Waals surface area contributed by atoms with Gasteiger partial charge in [0.05, 0.1) is 11.8 Å². The first-order chi connectivity index (χ1) is 11.5. The Balaban J connectivity index is 1.89. The Morgan fingerprint density at radius 1 is 1.25 bits per heavy atom. The zero-order valence-electron chi connectivity index (χ0n) is 13.8. The summed E-state index contributed by atoms with van der Waals surface area (Å²) in [7, 11) is 0. The maximum atomic E-state index is 12.0. The molecule has 0 bridgehead atoms. The van der Waals surface area contributed by atoms with E-state index >= 15 is 0 Å². The Kier molecular flexibility index (Phi) is 5.78. The lowest BCUT2D eigenvalue weighted by Gasteiger charge is -2.18. The molecule has 7 heteroatoms. The molecule has 24 heavy (non-hydrogen) atoms. The van der Waals surface area contributed by atoms with E-state index in [1.807, 2.05) is 13.8 Å². The largest absolute Gasteiger partial charge is 0.484 e. The van der Waals surface area contributed by atoms with Crippen LogP contribution in [0.25, 0.3) is 0 Å². The molecule has 1 aliphatic rings. The number of amides is 2. The van der Waals surface area contributed by atoms with Gasteiger partial charge >= 0.3 is 5.97 Å². The van der Waals surface area contributed by atoms with Crippen molar-refractivity contribution < 1.29 is 24.2 Å². The van der Waals surface area contributed by atoms with Gasteiger partial charge in [0.15, 0.2) is 6.61 Å². The summed E-state index contributed by atoms with van der Waals surface area (Å²) in [6.07, 6.45) is 0.371. The van der Waals surface area contributed by atoms with Crippen molar-refractivity contribution in [2.75, 3.05) is 25.0 Å². The Morgan fingerprint density at radius 2 is 1.96 bits per heavy atom. The summed E-state index contributed by atoms with van der Waals surface area (Å²) in [6, 6.07) is 6.71. The smallest absolute Gasteiger partial charge is 0.307 e. The number of benzene rings is 1. The highest BCUT2D eigenvalue weighted by Crippen LogP contribution is 2.39. The fraction of sp³-hybridized carbons (Fsp3) is 0.471. The van der Waals surface area contributed by atoms with E-state index in [0.29, 0.717) is 30.9 Å². The second kappa shape index (κ2) is 7.81. The molecule has 0 radical (unpaired) electrons. The van der Waals surface area contributed by atoms with Crippen molar-refractivity contribution in [2.24, 2.45) is 11.8 Å². The van der Waals surface area contributed by atoms with Crippen LogP contribution < -0.4 is 10.1 Å². The zero-order valence-corrected chi connectivity index (χ0v) is 13.8. The number of carbonyl (C=O) groups is 3. The second-order valence-corrected chi connectivity index (χ2v) is 5.66. The highest BCUT2D eigenvalue weighted by atomic mass is 16.5. The highest BCUT2D eigenvalue weighted by molar-refractivity contribution is 5.98. The Bertz CT molecular complexity index is 627. The summed E-state index contributed by atoms with van der Waals surface area (Å²) in [4.78, 5) is 36.3. The van der Waals surface area contributed by atoms with Crippen LogP contribution in [0.1, 0.15) is 20.3 Å². The van der Waals surface area contributed by atoms with Gasteiger partial charge in [0.25, 0.3) is 5.91 Å². The predicted molar refractivity (Wildman–Crippen MR) is 87.7 cm³/mol. The molecule has 2 rings (SSSR count). The van der Waals surface area contributed by atoms with Crippen LogP contribution >= 0.6 is 0 Å². The van der Waals surface area contributed by atoms with Crippen LogP contribution in [0.2, 0.25) is 0 Å². The molecule has 0 aliphatic heterocycles. The lowest BCUT2D eigenvalue weighted by atomic mass is 10.2. The van der Waals surface area contributed by atoms with E-state index in [4.69, 9.17) is 9.84 Å². The first kappa shape index (κ1) is 17.8. The van der Waals surface area contributed by atoms with Crippen LogP contribution in [0.4, 0.5) is 5.69 Å². The number of carboxylic acids is 1. The van der Waals surface area contributed by atoms with Gasteiger partial charge in [0.2, 0.25) is 5.91 Å². The van der Waals surface area contributed by atoms with Gasteiger partial charge < -0.3 is 20.1 Å². The van der Waals surface area contributed by atoms with Crippen LogP contribution in [0.15, 0.2) is 24.3 Å². The van der Waals surface area contributed by atoms with Gasteiger partial charge in [-0.3, -0.25) is 14.4 Å². The van der Waals surface area contributed by atoms with Crippen molar-refractivity contribution in [3.8, 4) is 5.75 Å². The number of likely N-dealkylation sites (N-methyl/N-ethyl adjacent to an activating group) is 1. The summed E-state index contributed by atoms with van der Waals surface area (Å²) in [5.74, 6) is -1.94. The van der Waals surface area contributed by atoms with E-state index in [1.165, 1.54) is 0 Å². The van der Waals surface area contributed by atoms with Crippen LogP contribution in [0, 0.1) is 11.8 Å². The molecular weight excluding hydrogens is 312 g/mol. The predicted octanol–water partition coefficient (Wildman–Crippen LogP) is 1.59. The molecule has 2 unspecified atom stereocenters. The molecule has 2 atom stereocenters. The third kappa shape index (κ3) is 4.47. The number of aliphatic carboxylic acids is 1. The first-order valence-corrected chi connectivity index (χ1v) is 8.00. The van der Waals surface area contributed by atoms with Crippen molar-refractivity contribution in [1.82, 2.24) is 4.90 Å². The van der Waals surface area contributed by atoms with Gasteiger partial charge in [0.1, 0.15) is 5.75 Å². The Hall–Kier alpha value is -2.57. The fourth-order valence-electron chi connectivity index (χ4n) is 2.47. The maximum absolute atomic E-state index is 12.0. The van der Waals surface area contributed by atoms with Crippen molar-refractivity contribution in [3.63, 3.8) is 0 Å². The topological polar surface area (TPSA) is 95.9 Å². The lowest BCUT2D eigenvalue weighted by molar-refractivity contribution is -0.139. The van der Waals surface area contributed by atoms with Crippen LogP contribution in [0.3, 0.4) is 0 Å². The molecular formula is C17H22N2O5. The molecule has 0 aromatic heterocycles. The van der Waals surface area contributed by atoms with E-state index in [1.54, 1.807) is 29.2 Å². The molecule has 0 saturated heterocycles. The summed E-state index contributed by atoms with van der Waals surface area (Å²) >= 11 is 0. The summed E-state index contributed by atoms with van der Waals surface area (Å²) in [5.41, 5.74) is 0.517. The molecule has 1 aliphatic carbocycles. The monoisotopic (exact) mass is 334 g/mol. The Labute approximate surface area is 140 Å². The lowest BCUT2D eigenvalue weighted by Crippen LogP contribution is -2.34. The number of anilines is 1. The minimum absolute atomic E-state index is 0.0667. The van der Waals surface area contributed by atoms with Crippen molar-refractivity contribution in [1.29, 1.82) is 0 Å². The summed E-state index contributed by atoms with van der Waals surface area (Å²) < 4.78 is 5.47. The van der Waals surface area contributed by atoms with Gasteiger partial charge in [-0.05, 0) is 32.4 Å². The molecule has 1 saturated carbocycles. The van der Waals surface area contributed by atoms with Crippen molar-refractivity contribution in [3.05, 3.63) is 24.3 Å². The number of hydrogen-bond donors (Lipinski definition) is 2. The molecule has 2 N–H and O–H groups in total. The standard InChI is InChI=1S/C17H22N2O5/c1-3-19(4-2)15(20)10-24-12-7-5-6-11(8-12)18-16(21)13-9-14(13)17(22)23/h5-8,13-14H,3-4,9-10H2,1-2H3,(H,18,21)(H,22,23). The van der Waals surface area contributed by atoms with E-state index in [9.17, 15) is 14.4 Å². The molecule has 1 aromatic rings. The van der Waals surface area contributed by atoms with Gasteiger partial charge in [-0.15, -0.1) is 0 Å². The fourth-order valence-corrected chi connectivity index (χ4v) is 2.47. The molecule has 0 spiro atoms. The van der Waals surface area contributed by atoms with E-state index < -0.39 is 17.8 Å². The molecule has 1 fully saturated rings. The number of carboxylic acid groups (broad SMARTS) is 1. The first-order valence-electron chi connectivity index (χ1n) is 8.00. The minimum atomic E-state index is -0.942. The quantitative estimate of drug-likeness (QED) is 0.753. The van der Waals surface area contributed by atoms with E-state index in [0.717, 1.165) is 0 Å². The van der Waals surface area contributed by atoms with E-state index in [2.05, 4.69) is 5.32 Å². The molecule has 1 aromatic carbocycles. The maximum Gasteiger partial charge on any atom is 0.307 e. The van der Waals surface area contributed by atoms with Gasteiger partial charge in [-0.25, -0.2) is 0 Å². The van der Waals surface area contributed by atoms with Crippen LogP contribution in [0.5, 0.6) is 5.75 Å². The second-order valence-electron chi connectivity index (χ2n) is 5.66. The molecule has 130 valence electrons. The normalized spacial score (nSPS) is 18.6. The SMILES string of the molecule is CCN(CC)C(=O)COc1cccc(NC(=O)C2CC2C(=O)O)c1. The average molecular weight is 334 g/mol. The van der Waals surface area contributed by atoms with Gasteiger partial charge in [-0.2, -0.15) is 0 Å². The number of hydrogen-bond acceptors (Lipinski definition) is 4. The number of nitrogens with zero attached hydrogens (tertiary/aromatic N) is 1. The highest BCUT2D eigenvalue weighted by Gasteiger charge is 2.48. The summed E-state index contributed by atoms with van der Waals surface area (Å²) in [5, 5.41) is 11.5. The number of rotatable bonds is 8. The Morgan fingerprint density at radius 3 is 2.54 bits per heavy atom. The average Bonchev–Trinajstić information content (AvgIpc) is 3.35. The minimum Gasteiger partial charge on any atom is -0.484 e.